The fraction of sp³-hybridized carbons (Fsp3) is 0.0690. The molecule has 5 rings (SSSR count). The van der Waals surface area contributed by atoms with Gasteiger partial charge >= 0.3 is 0 Å². The van der Waals surface area contributed by atoms with E-state index in [4.69, 9.17) is 0 Å². The first-order chi connectivity index (χ1) is 14.7. The van der Waals surface area contributed by atoms with E-state index in [1.54, 1.807) is 0 Å². The average molecular weight is 387 g/mol. The molecular weight excluding hydrogens is 362 g/mol. The zero-order valence-corrected chi connectivity index (χ0v) is 17.3. The summed E-state index contributed by atoms with van der Waals surface area (Å²) in [6.07, 6.45) is 8.89. The Morgan fingerprint density at radius 2 is 1.03 bits per heavy atom. The Balaban J connectivity index is 1.79. The molecule has 1 heteroatoms. The van der Waals surface area contributed by atoms with E-state index < -0.39 is 0 Å². The van der Waals surface area contributed by atoms with E-state index >= 15 is 0 Å². The third kappa shape index (κ3) is 3.19. The second-order valence-electron chi connectivity index (χ2n) is 7.87. The van der Waals surface area contributed by atoms with Crippen LogP contribution in [0, 0.1) is 0 Å². The minimum Gasteiger partial charge on any atom is -0.235 e. The van der Waals surface area contributed by atoms with Crippen LogP contribution in [0.15, 0.2) is 115 Å². The molecule has 1 nitrogen and oxygen atoms in total. The molecule has 0 saturated carbocycles. The maximum Gasteiger partial charge on any atom is 0.199 e. The molecule has 0 aromatic rings. The Bertz CT molecular complexity index is 1200. The lowest BCUT2D eigenvalue weighted by atomic mass is 9.88. The van der Waals surface area contributed by atoms with E-state index in [2.05, 4.69) is 128 Å². The van der Waals surface area contributed by atoms with Gasteiger partial charge in [-0.3, -0.25) is 0 Å². The van der Waals surface area contributed by atoms with E-state index in [0.717, 1.165) is 0 Å². The summed E-state index contributed by atoms with van der Waals surface area (Å²) in [5.74, 6) is 0. The minimum atomic E-state index is 1.20. The van der Waals surface area contributed by atoms with Crippen LogP contribution in [0.25, 0.3) is 27.8 Å². The molecule has 0 aromatic heterocycles. The Hall–Kier alpha value is -3.71. The lowest BCUT2D eigenvalue weighted by Gasteiger charge is -2.14. The molecule has 0 radical (unpaired) electrons. The van der Waals surface area contributed by atoms with E-state index in [9.17, 15) is 0 Å². The van der Waals surface area contributed by atoms with Crippen LogP contribution in [-0.4, -0.2) is 24.4 Å². The highest BCUT2D eigenvalue weighted by Gasteiger charge is 2.21. The van der Waals surface area contributed by atoms with Crippen LogP contribution in [0.5, 0.6) is 0 Å². The van der Waals surface area contributed by atoms with Crippen molar-refractivity contribution in [2.75, 3.05) is 14.1 Å². The highest BCUT2D eigenvalue weighted by Crippen LogP contribution is 2.42. The van der Waals surface area contributed by atoms with Crippen LogP contribution >= 0.6 is 0 Å². The first-order valence-corrected chi connectivity index (χ1v) is 10.3. The number of allylic oxidation sites excluding steroid dienone is 5. The van der Waals surface area contributed by atoms with Gasteiger partial charge in [-0.25, -0.2) is 4.58 Å². The molecule has 0 unspecified atom stereocenters. The predicted octanol–water partition coefficient (Wildman–Crippen LogP) is 6.54. The summed E-state index contributed by atoms with van der Waals surface area (Å²) in [5.41, 5.74) is 11.4. The molecule has 0 aliphatic heterocycles. The van der Waals surface area contributed by atoms with Crippen LogP contribution in [-0.2, 0) is 0 Å². The molecule has 0 N–H and O–H groups in total. The summed E-state index contributed by atoms with van der Waals surface area (Å²) in [7, 11) is 4.16. The standard InChI is InChI=1S/C29H24N/c1-30(2)24-17-13-23(14-18-24)29(27-19-15-21-9-5-3-7-11-25(21)27)28-20-16-22-10-6-4-8-12-26(22)28/h3-20H,1-2H3/q+1. The highest BCUT2D eigenvalue weighted by molar-refractivity contribution is 6.05. The lowest BCUT2D eigenvalue weighted by molar-refractivity contribution is -0.462. The third-order valence-electron chi connectivity index (χ3n) is 5.79. The van der Waals surface area contributed by atoms with Gasteiger partial charge in [0.15, 0.2) is 5.71 Å². The van der Waals surface area contributed by atoms with Crippen molar-refractivity contribution < 1.29 is 4.58 Å². The van der Waals surface area contributed by atoms with Crippen LogP contribution < -0.4 is 0 Å². The molecular formula is C29H24N+. The largest absolute Gasteiger partial charge is 0.235 e. The second-order valence-corrected chi connectivity index (χ2v) is 7.87. The van der Waals surface area contributed by atoms with Gasteiger partial charge in [-0.2, -0.15) is 0 Å². The van der Waals surface area contributed by atoms with E-state index in [-0.39, 0.29) is 0 Å². The lowest BCUT2D eigenvalue weighted by Crippen LogP contribution is -2.10. The molecule has 0 saturated heterocycles. The smallest absolute Gasteiger partial charge is 0.199 e. The van der Waals surface area contributed by atoms with Gasteiger partial charge in [-0.05, 0) is 56.7 Å². The first-order valence-electron chi connectivity index (χ1n) is 10.3. The molecule has 0 atom stereocenters. The normalized spacial score (nSPS) is 13.3. The van der Waals surface area contributed by atoms with Crippen LogP contribution in [0.4, 0.5) is 0 Å². The fourth-order valence-electron chi connectivity index (χ4n) is 4.25. The Kier molecular flexibility index (Phi) is 4.65. The van der Waals surface area contributed by atoms with Crippen LogP contribution in [0.1, 0.15) is 11.1 Å². The summed E-state index contributed by atoms with van der Waals surface area (Å²) in [4.78, 5) is 0. The van der Waals surface area contributed by atoms with Gasteiger partial charge in [-0.1, -0.05) is 84.9 Å². The number of rotatable bonds is 2. The Morgan fingerprint density at radius 3 is 1.53 bits per heavy atom. The quantitative estimate of drug-likeness (QED) is 0.344. The zero-order valence-electron chi connectivity index (χ0n) is 17.3. The molecule has 30 heavy (non-hydrogen) atoms. The van der Waals surface area contributed by atoms with E-state index in [1.807, 2.05) is 0 Å². The molecule has 0 bridgehead atoms. The van der Waals surface area contributed by atoms with Gasteiger partial charge in [-0.15, -0.1) is 0 Å². The fourth-order valence-corrected chi connectivity index (χ4v) is 4.25. The molecule has 0 fully saturated rings. The summed E-state index contributed by atoms with van der Waals surface area (Å²) >= 11 is 0. The minimum absolute atomic E-state index is 1.20. The monoisotopic (exact) mass is 386 g/mol. The second kappa shape index (κ2) is 7.61. The summed E-state index contributed by atoms with van der Waals surface area (Å²) in [5, 5.41) is 0. The van der Waals surface area contributed by atoms with Crippen LogP contribution in [0.3, 0.4) is 0 Å². The van der Waals surface area contributed by atoms with Crippen molar-refractivity contribution in [1.29, 1.82) is 0 Å². The topological polar surface area (TPSA) is 3.01 Å². The molecule has 0 heterocycles. The number of hydrogen-bond acceptors (Lipinski definition) is 0. The van der Waals surface area contributed by atoms with Gasteiger partial charge in [0.1, 0.15) is 14.1 Å². The van der Waals surface area contributed by atoms with Crippen molar-refractivity contribution in [2.24, 2.45) is 0 Å². The van der Waals surface area contributed by atoms with Crippen LogP contribution in [0.2, 0.25) is 0 Å². The van der Waals surface area contributed by atoms with Gasteiger partial charge in [0.05, 0.1) is 0 Å². The van der Waals surface area contributed by atoms with Crippen molar-refractivity contribution in [3.8, 4) is 22.3 Å². The van der Waals surface area contributed by atoms with Crippen molar-refractivity contribution in [3.63, 3.8) is 0 Å². The van der Waals surface area contributed by atoms with E-state index in [0.29, 0.717) is 0 Å². The van der Waals surface area contributed by atoms with E-state index in [1.165, 1.54) is 50.2 Å². The Labute approximate surface area is 178 Å². The van der Waals surface area contributed by atoms with Gasteiger partial charge in [0.25, 0.3) is 0 Å². The number of fused-ring (bicyclic) bond motifs is 2. The molecule has 5 aliphatic rings. The Morgan fingerprint density at radius 1 is 0.533 bits per heavy atom. The molecule has 5 aliphatic carbocycles. The third-order valence-corrected chi connectivity index (χ3v) is 5.79. The zero-order chi connectivity index (χ0) is 20.5. The summed E-state index contributed by atoms with van der Waals surface area (Å²) in [6.45, 7) is 0. The number of nitrogens with zero attached hydrogens (tertiary/aromatic N) is 1. The van der Waals surface area contributed by atoms with Gasteiger partial charge < -0.3 is 0 Å². The highest BCUT2D eigenvalue weighted by atomic mass is 14.9. The van der Waals surface area contributed by atoms with Crippen molar-refractivity contribution in [2.45, 2.75) is 0 Å². The molecule has 144 valence electrons. The number of hydrogen-bond donors (Lipinski definition) is 0. The molecule has 0 aromatic carbocycles. The van der Waals surface area contributed by atoms with Gasteiger partial charge in [0, 0.05) is 12.2 Å². The first kappa shape index (κ1) is 18.3. The molecule has 0 spiro atoms. The maximum absolute atomic E-state index is 2.27. The van der Waals surface area contributed by atoms with Crippen molar-refractivity contribution in [3.05, 3.63) is 126 Å². The van der Waals surface area contributed by atoms with Gasteiger partial charge in [0.2, 0.25) is 0 Å². The SMILES string of the molecule is C[N+](C)=C1C=CC(=C(c2ccc3cccccc2-3)c2ccc3cccccc2-3)C=C1. The average Bonchev–Trinajstić information content (AvgIpc) is 3.14. The summed E-state index contributed by atoms with van der Waals surface area (Å²) in [6, 6.07) is 30.5. The maximum atomic E-state index is 2.27. The van der Waals surface area contributed by atoms with Crippen molar-refractivity contribution >= 4 is 11.3 Å². The molecule has 0 amide bonds. The van der Waals surface area contributed by atoms with Crippen molar-refractivity contribution in [1.82, 2.24) is 0 Å². The summed E-state index contributed by atoms with van der Waals surface area (Å²) < 4.78 is 2.14. The predicted molar refractivity (Wildman–Crippen MR) is 128 cm³/mol.